The Kier molecular flexibility index (Phi) is 5.17. The first kappa shape index (κ1) is 15.3. The summed E-state index contributed by atoms with van der Waals surface area (Å²) < 4.78 is 5.40. The highest BCUT2D eigenvalue weighted by Crippen LogP contribution is 2.22. The van der Waals surface area contributed by atoms with E-state index in [9.17, 15) is 4.79 Å². The van der Waals surface area contributed by atoms with E-state index >= 15 is 0 Å². The summed E-state index contributed by atoms with van der Waals surface area (Å²) in [6.45, 7) is 4.57. The van der Waals surface area contributed by atoms with Gasteiger partial charge in [-0.05, 0) is 30.0 Å². The molecule has 0 radical (unpaired) electrons. The van der Waals surface area contributed by atoms with Gasteiger partial charge in [0.25, 0.3) is 5.91 Å². The second-order valence-corrected chi connectivity index (χ2v) is 5.54. The molecule has 0 aliphatic carbocycles. The van der Waals surface area contributed by atoms with Crippen molar-refractivity contribution in [3.63, 3.8) is 0 Å². The molecule has 4 heteroatoms. The summed E-state index contributed by atoms with van der Waals surface area (Å²) in [5.41, 5.74) is 6.60. The molecular weight excluding hydrogens is 264 g/mol. The van der Waals surface area contributed by atoms with Gasteiger partial charge in [-0.15, -0.1) is 0 Å². The van der Waals surface area contributed by atoms with Crippen molar-refractivity contribution in [3.05, 3.63) is 59.5 Å². The topological polar surface area (TPSA) is 68.3 Å². The van der Waals surface area contributed by atoms with Crippen LogP contribution < -0.4 is 11.1 Å². The molecule has 112 valence electrons. The van der Waals surface area contributed by atoms with Crippen molar-refractivity contribution >= 4 is 5.91 Å². The predicted molar refractivity (Wildman–Crippen MR) is 82.7 cm³/mol. The normalized spacial score (nSPS) is 12.4. The van der Waals surface area contributed by atoms with Gasteiger partial charge in [0.2, 0.25) is 0 Å². The molecule has 3 N–H and O–H groups in total. The maximum Gasteiger partial charge on any atom is 0.287 e. The highest BCUT2D eigenvalue weighted by molar-refractivity contribution is 5.91. The van der Waals surface area contributed by atoms with Gasteiger partial charge in [-0.2, -0.15) is 0 Å². The predicted octanol–water partition coefficient (Wildman–Crippen LogP) is 3.26. The van der Waals surface area contributed by atoms with Crippen molar-refractivity contribution in [2.24, 2.45) is 11.7 Å². The van der Waals surface area contributed by atoms with Crippen LogP contribution in [-0.4, -0.2) is 5.91 Å². The lowest BCUT2D eigenvalue weighted by molar-refractivity contribution is 0.0902. The molecule has 4 nitrogen and oxygen atoms in total. The summed E-state index contributed by atoms with van der Waals surface area (Å²) in [5, 5.41) is 3.04. The number of amides is 1. The van der Waals surface area contributed by atoms with Crippen LogP contribution in [0.15, 0.2) is 46.9 Å². The smallest absolute Gasteiger partial charge is 0.287 e. The van der Waals surface area contributed by atoms with Gasteiger partial charge in [-0.25, -0.2) is 0 Å². The number of furan rings is 1. The van der Waals surface area contributed by atoms with E-state index in [1.54, 1.807) is 12.1 Å². The summed E-state index contributed by atoms with van der Waals surface area (Å²) in [7, 11) is 0. The monoisotopic (exact) mass is 286 g/mol. The summed E-state index contributed by atoms with van der Waals surface area (Å²) in [6, 6.07) is 13.4. The van der Waals surface area contributed by atoms with Gasteiger partial charge in [0.1, 0.15) is 5.76 Å². The number of nitrogens with two attached hydrogens (primary N) is 1. The molecule has 0 aliphatic heterocycles. The van der Waals surface area contributed by atoms with E-state index < -0.39 is 0 Å². The molecule has 0 aliphatic rings. The molecule has 1 aromatic carbocycles. The molecule has 1 atom stereocenters. The van der Waals surface area contributed by atoms with E-state index in [4.69, 9.17) is 10.2 Å². The zero-order valence-electron chi connectivity index (χ0n) is 12.5. The minimum absolute atomic E-state index is 0.0230. The van der Waals surface area contributed by atoms with Gasteiger partial charge in [0.05, 0.1) is 12.6 Å². The average molecular weight is 286 g/mol. The molecular formula is C17H22N2O2. The quantitative estimate of drug-likeness (QED) is 0.856. The van der Waals surface area contributed by atoms with Crippen molar-refractivity contribution in [2.45, 2.75) is 32.9 Å². The Balaban J connectivity index is 2.13. The summed E-state index contributed by atoms with van der Waals surface area (Å²) >= 11 is 0. The highest BCUT2D eigenvalue weighted by atomic mass is 16.4. The lowest BCUT2D eigenvalue weighted by Crippen LogP contribution is -2.29. The van der Waals surface area contributed by atoms with Crippen LogP contribution >= 0.6 is 0 Å². The molecule has 1 amide bonds. The molecule has 1 heterocycles. The molecule has 2 aromatic rings. The van der Waals surface area contributed by atoms with Gasteiger partial charge in [-0.3, -0.25) is 4.79 Å². The first-order valence-electron chi connectivity index (χ1n) is 7.24. The van der Waals surface area contributed by atoms with Gasteiger partial charge in [0, 0.05) is 0 Å². The third-order valence-electron chi connectivity index (χ3n) is 3.30. The minimum atomic E-state index is -0.204. The van der Waals surface area contributed by atoms with Crippen LogP contribution in [0.25, 0.3) is 0 Å². The average Bonchev–Trinajstić information content (AvgIpc) is 2.96. The Hall–Kier alpha value is -2.07. The van der Waals surface area contributed by atoms with Gasteiger partial charge in [0.15, 0.2) is 5.76 Å². The lowest BCUT2D eigenvalue weighted by atomic mass is 9.97. The zero-order valence-corrected chi connectivity index (χ0v) is 12.5. The Labute approximate surface area is 125 Å². The van der Waals surface area contributed by atoms with Crippen molar-refractivity contribution in [1.29, 1.82) is 0 Å². The van der Waals surface area contributed by atoms with Crippen LogP contribution in [-0.2, 0) is 6.54 Å². The number of carbonyl (C=O) groups excluding carboxylic acids is 1. The number of rotatable bonds is 6. The SMILES string of the molecule is CC(C)CC(NC(=O)c1ccc(CN)o1)c1ccccc1. The molecule has 2 rings (SSSR count). The van der Waals surface area contributed by atoms with Gasteiger partial charge < -0.3 is 15.5 Å². The van der Waals surface area contributed by atoms with Crippen LogP contribution in [0.1, 0.15) is 48.2 Å². The van der Waals surface area contributed by atoms with E-state index in [-0.39, 0.29) is 11.9 Å². The van der Waals surface area contributed by atoms with E-state index in [0.29, 0.717) is 24.0 Å². The minimum Gasteiger partial charge on any atom is -0.455 e. The first-order valence-corrected chi connectivity index (χ1v) is 7.24. The third kappa shape index (κ3) is 4.20. The van der Waals surface area contributed by atoms with E-state index in [2.05, 4.69) is 19.2 Å². The van der Waals surface area contributed by atoms with Crippen molar-refractivity contribution in [2.75, 3.05) is 0 Å². The molecule has 1 aromatic heterocycles. The zero-order chi connectivity index (χ0) is 15.2. The summed E-state index contributed by atoms with van der Waals surface area (Å²) in [4.78, 5) is 12.3. The first-order chi connectivity index (χ1) is 10.1. The van der Waals surface area contributed by atoms with Crippen LogP contribution in [0.3, 0.4) is 0 Å². The molecule has 0 spiro atoms. The molecule has 0 saturated heterocycles. The Morgan fingerprint density at radius 3 is 2.48 bits per heavy atom. The maximum absolute atomic E-state index is 12.3. The molecule has 1 unspecified atom stereocenters. The van der Waals surface area contributed by atoms with E-state index in [1.165, 1.54) is 0 Å². The number of benzene rings is 1. The molecule has 21 heavy (non-hydrogen) atoms. The number of hydrogen-bond donors (Lipinski definition) is 2. The van der Waals surface area contributed by atoms with Crippen LogP contribution in [0.2, 0.25) is 0 Å². The van der Waals surface area contributed by atoms with E-state index in [0.717, 1.165) is 12.0 Å². The largest absolute Gasteiger partial charge is 0.455 e. The fourth-order valence-electron chi connectivity index (χ4n) is 2.27. The highest BCUT2D eigenvalue weighted by Gasteiger charge is 2.19. The number of hydrogen-bond acceptors (Lipinski definition) is 3. The van der Waals surface area contributed by atoms with Crippen molar-refractivity contribution < 1.29 is 9.21 Å². The second-order valence-electron chi connectivity index (χ2n) is 5.54. The fraction of sp³-hybridized carbons (Fsp3) is 0.353. The maximum atomic E-state index is 12.3. The third-order valence-corrected chi connectivity index (χ3v) is 3.30. The number of nitrogens with one attached hydrogen (secondary N) is 1. The van der Waals surface area contributed by atoms with Crippen LogP contribution in [0, 0.1) is 5.92 Å². The Bertz CT molecular complexity index is 575. The lowest BCUT2D eigenvalue weighted by Gasteiger charge is -2.20. The second kappa shape index (κ2) is 7.09. The van der Waals surface area contributed by atoms with Crippen LogP contribution in [0.4, 0.5) is 0 Å². The van der Waals surface area contributed by atoms with Crippen molar-refractivity contribution in [1.82, 2.24) is 5.32 Å². The van der Waals surface area contributed by atoms with Gasteiger partial charge in [-0.1, -0.05) is 44.2 Å². The summed E-state index contributed by atoms with van der Waals surface area (Å²) in [6.07, 6.45) is 0.875. The molecule has 0 fully saturated rings. The Morgan fingerprint density at radius 1 is 1.19 bits per heavy atom. The fourth-order valence-corrected chi connectivity index (χ4v) is 2.27. The molecule has 0 bridgehead atoms. The van der Waals surface area contributed by atoms with Crippen molar-refractivity contribution in [3.8, 4) is 0 Å². The van der Waals surface area contributed by atoms with Crippen LogP contribution in [0.5, 0.6) is 0 Å². The molecule has 0 saturated carbocycles. The standard InChI is InChI=1S/C17H22N2O2/c1-12(2)10-15(13-6-4-3-5-7-13)19-17(20)16-9-8-14(11-18)21-16/h3-9,12,15H,10-11,18H2,1-2H3,(H,19,20). The Morgan fingerprint density at radius 2 is 1.90 bits per heavy atom. The number of carbonyl (C=O) groups is 1. The van der Waals surface area contributed by atoms with E-state index in [1.807, 2.05) is 30.3 Å². The summed E-state index contributed by atoms with van der Waals surface area (Å²) in [5.74, 6) is 1.19. The van der Waals surface area contributed by atoms with Gasteiger partial charge >= 0.3 is 0 Å².